The molecule has 3 fully saturated rings. The smallest absolute Gasteiger partial charge is 0.220 e. The van der Waals surface area contributed by atoms with Gasteiger partial charge in [-0.3, -0.25) is 4.79 Å². The Morgan fingerprint density at radius 1 is 0.468 bits per heavy atom. The molecule has 0 aromatic heterocycles. The molecule has 0 aliphatic carbocycles. The normalized spacial score (nSPS) is 30.8. The summed E-state index contributed by atoms with van der Waals surface area (Å²) in [6.45, 7) is 1.54. The predicted molar refractivity (Wildman–Crippen MR) is 300 cm³/mol. The van der Waals surface area contributed by atoms with E-state index in [4.69, 9.17) is 28.4 Å². The summed E-state index contributed by atoms with van der Waals surface area (Å²) in [5, 5.41) is 120. The molecular weight excluding hydrogens is 1020 g/mol. The number of hydrogen-bond donors (Lipinski definition) is 12. The second-order valence-corrected chi connectivity index (χ2v) is 21.1. The van der Waals surface area contributed by atoms with Gasteiger partial charge in [0, 0.05) is 6.42 Å². The summed E-state index contributed by atoms with van der Waals surface area (Å²) < 4.78 is 34.2. The lowest BCUT2D eigenvalue weighted by Crippen LogP contribution is -2.66. The Morgan fingerprint density at radius 3 is 1.42 bits per heavy atom. The topological polar surface area (TPSA) is 307 Å². The second-order valence-electron chi connectivity index (χ2n) is 21.1. The molecule has 79 heavy (non-hydrogen) atoms. The molecule has 0 saturated carbocycles. The van der Waals surface area contributed by atoms with E-state index in [1.807, 2.05) is 6.08 Å². The molecule has 456 valence electrons. The molecule has 0 bridgehead atoms. The van der Waals surface area contributed by atoms with Crippen molar-refractivity contribution < 1.29 is 89.4 Å². The summed E-state index contributed by atoms with van der Waals surface area (Å²) in [6, 6.07) is -1.00. The van der Waals surface area contributed by atoms with E-state index >= 15 is 0 Å². The molecule has 3 saturated heterocycles. The Hall–Kier alpha value is -2.77. The van der Waals surface area contributed by atoms with E-state index in [0.29, 0.717) is 12.8 Å². The van der Waals surface area contributed by atoms with Crippen LogP contribution in [0.5, 0.6) is 0 Å². The van der Waals surface area contributed by atoms with E-state index in [1.54, 1.807) is 6.08 Å². The highest BCUT2D eigenvalue weighted by molar-refractivity contribution is 5.76. The summed E-state index contributed by atoms with van der Waals surface area (Å²) in [5.41, 5.74) is 0. The highest BCUT2D eigenvalue weighted by Gasteiger charge is 2.53. The molecule has 19 heteroatoms. The number of rotatable bonds is 42. The third kappa shape index (κ3) is 27.0. The van der Waals surface area contributed by atoms with Gasteiger partial charge in [-0.15, -0.1) is 0 Å². The Bertz CT molecular complexity index is 1730. The van der Waals surface area contributed by atoms with Gasteiger partial charge in [0.1, 0.15) is 73.2 Å². The number of carbonyl (C=O) groups excluding carboxylic acids is 1. The first-order valence-corrected chi connectivity index (χ1v) is 29.7. The summed E-state index contributed by atoms with van der Waals surface area (Å²) in [7, 11) is 0. The second kappa shape index (κ2) is 43.0. The van der Waals surface area contributed by atoms with Gasteiger partial charge in [-0.25, -0.2) is 0 Å². The molecular formula is C60H103NO18. The van der Waals surface area contributed by atoms with Gasteiger partial charge in [-0.05, 0) is 77.0 Å². The first-order chi connectivity index (χ1) is 38.3. The number of hydrogen-bond acceptors (Lipinski definition) is 18. The number of unbranched alkanes of at least 4 members (excludes halogenated alkanes) is 16. The molecule has 0 radical (unpaired) electrons. The number of ether oxygens (including phenoxy) is 6. The summed E-state index contributed by atoms with van der Waals surface area (Å²) in [6.07, 6.45) is 23.1. The van der Waals surface area contributed by atoms with Crippen molar-refractivity contribution in [2.45, 2.75) is 272 Å². The SMILES string of the molecule is CC/C=C\C/C=C\C/C=C\CCCCCCCCCC(=O)NC(COC1OC(CO)C(OC2OC(CO)C(OC3OC(CO)C(O)C(O)C3O)C(O)C2O)C(O)C1O)C(O)/C=C/CC/C=C/CC/C=C/CCCCCCCCC. The molecule has 17 atom stereocenters. The highest BCUT2D eigenvalue weighted by Crippen LogP contribution is 2.33. The summed E-state index contributed by atoms with van der Waals surface area (Å²) >= 11 is 0. The van der Waals surface area contributed by atoms with Crippen molar-refractivity contribution >= 4 is 5.91 Å². The fourth-order valence-electron chi connectivity index (χ4n) is 9.59. The minimum Gasteiger partial charge on any atom is -0.394 e. The van der Waals surface area contributed by atoms with E-state index in [2.05, 4.69) is 79.9 Å². The Morgan fingerprint density at radius 2 is 0.886 bits per heavy atom. The molecule has 0 spiro atoms. The van der Waals surface area contributed by atoms with Gasteiger partial charge in [0.15, 0.2) is 18.9 Å². The maximum atomic E-state index is 13.3. The lowest BCUT2D eigenvalue weighted by atomic mass is 9.96. The zero-order valence-corrected chi connectivity index (χ0v) is 47.3. The monoisotopic (exact) mass is 1130 g/mol. The standard InChI is InChI=1S/C60H103NO18/c1-3-5-7-9-11-13-15-17-19-21-23-25-27-29-31-33-35-37-44(65)43(61-48(66)38-36-34-32-30-28-26-24-22-20-18-16-14-12-10-8-6-4-2)42-74-58-54(72)51(69)56(46(40-63)76-58)79-60-55(73)52(70)57(47(41-64)77-60)78-59-53(71)50(68)49(67)45(39-62)75-59/h6,8,12,14,18-21,27,29,35,37,43-47,49-60,62-65,67-73H,3-5,7,9-11,13,15-17,22-26,28,30-34,36,38-42H2,1-2H3,(H,61,66)/b8-6-,14-12-,20-18-,21-19+,29-27+,37-35+. The van der Waals surface area contributed by atoms with Crippen LogP contribution in [-0.2, 0) is 33.2 Å². The number of amides is 1. The molecule has 12 N–H and O–H groups in total. The average Bonchev–Trinajstić information content (AvgIpc) is 3.54. The molecule has 17 unspecified atom stereocenters. The highest BCUT2D eigenvalue weighted by atomic mass is 16.8. The number of aliphatic hydroxyl groups excluding tert-OH is 11. The molecule has 3 aliphatic rings. The number of allylic oxidation sites excluding steroid dienone is 11. The van der Waals surface area contributed by atoms with Crippen LogP contribution in [0.15, 0.2) is 72.9 Å². The van der Waals surface area contributed by atoms with E-state index < -0.39 is 124 Å². The van der Waals surface area contributed by atoms with Gasteiger partial charge in [-0.1, -0.05) is 157 Å². The molecule has 3 aliphatic heterocycles. The van der Waals surface area contributed by atoms with Crippen LogP contribution in [0.3, 0.4) is 0 Å². The number of nitrogens with one attached hydrogen (secondary N) is 1. The molecule has 0 aromatic rings. The third-order valence-electron chi connectivity index (χ3n) is 14.5. The van der Waals surface area contributed by atoms with Gasteiger partial charge in [0.05, 0.1) is 38.6 Å². The minimum atomic E-state index is -1.99. The van der Waals surface area contributed by atoms with Crippen molar-refractivity contribution in [3.8, 4) is 0 Å². The van der Waals surface area contributed by atoms with Crippen LogP contribution < -0.4 is 5.32 Å². The molecule has 0 aromatic carbocycles. The van der Waals surface area contributed by atoms with Gasteiger partial charge in [-0.2, -0.15) is 0 Å². The van der Waals surface area contributed by atoms with E-state index in [0.717, 1.165) is 89.9 Å². The Kier molecular flexibility index (Phi) is 38.3. The zero-order valence-electron chi connectivity index (χ0n) is 47.3. The molecule has 1 amide bonds. The predicted octanol–water partition coefficient (Wildman–Crippen LogP) is 5.04. The van der Waals surface area contributed by atoms with Crippen LogP contribution in [0.25, 0.3) is 0 Å². The first-order valence-electron chi connectivity index (χ1n) is 29.7. The molecule has 19 nitrogen and oxygen atoms in total. The fraction of sp³-hybridized carbons (Fsp3) is 0.783. The van der Waals surface area contributed by atoms with Crippen LogP contribution in [0.4, 0.5) is 0 Å². The maximum Gasteiger partial charge on any atom is 0.220 e. The van der Waals surface area contributed by atoms with E-state index in [-0.39, 0.29) is 18.9 Å². The number of carbonyl (C=O) groups is 1. The lowest BCUT2D eigenvalue weighted by molar-refractivity contribution is -0.379. The molecule has 3 rings (SSSR count). The summed E-state index contributed by atoms with van der Waals surface area (Å²) in [5.74, 6) is -0.304. The van der Waals surface area contributed by atoms with Crippen molar-refractivity contribution in [3.05, 3.63) is 72.9 Å². The fourth-order valence-corrected chi connectivity index (χ4v) is 9.59. The van der Waals surface area contributed by atoms with Crippen LogP contribution in [-0.4, -0.2) is 193 Å². The van der Waals surface area contributed by atoms with Crippen molar-refractivity contribution in [2.24, 2.45) is 0 Å². The van der Waals surface area contributed by atoms with Crippen LogP contribution in [0.1, 0.15) is 168 Å². The molecule has 3 heterocycles. The maximum absolute atomic E-state index is 13.3. The number of aliphatic hydroxyl groups is 11. The van der Waals surface area contributed by atoms with E-state index in [9.17, 15) is 61.0 Å². The largest absolute Gasteiger partial charge is 0.394 e. The van der Waals surface area contributed by atoms with Gasteiger partial charge in [0.25, 0.3) is 0 Å². The first kappa shape index (κ1) is 70.5. The van der Waals surface area contributed by atoms with Crippen molar-refractivity contribution in [2.75, 3.05) is 26.4 Å². The summed E-state index contributed by atoms with van der Waals surface area (Å²) in [4.78, 5) is 13.3. The van der Waals surface area contributed by atoms with Crippen LogP contribution in [0, 0.1) is 0 Å². The lowest BCUT2D eigenvalue weighted by Gasteiger charge is -2.48. The quantitative estimate of drug-likeness (QED) is 0.0282. The zero-order chi connectivity index (χ0) is 57.6. The van der Waals surface area contributed by atoms with Crippen molar-refractivity contribution in [3.63, 3.8) is 0 Å². The third-order valence-corrected chi connectivity index (χ3v) is 14.5. The van der Waals surface area contributed by atoms with Gasteiger partial charge >= 0.3 is 0 Å². The van der Waals surface area contributed by atoms with Crippen molar-refractivity contribution in [1.29, 1.82) is 0 Å². The van der Waals surface area contributed by atoms with E-state index in [1.165, 1.54) is 44.9 Å². The van der Waals surface area contributed by atoms with Crippen LogP contribution in [0.2, 0.25) is 0 Å². The Balaban J connectivity index is 1.53. The van der Waals surface area contributed by atoms with Crippen molar-refractivity contribution in [1.82, 2.24) is 5.32 Å². The minimum absolute atomic E-state index is 0.217. The van der Waals surface area contributed by atoms with Crippen LogP contribution >= 0.6 is 0 Å². The van der Waals surface area contributed by atoms with Gasteiger partial charge in [0.2, 0.25) is 5.91 Å². The van der Waals surface area contributed by atoms with Gasteiger partial charge < -0.3 is 89.9 Å². The Labute approximate surface area is 470 Å². The average molecular weight is 1130 g/mol.